The fourth-order valence-corrected chi connectivity index (χ4v) is 5.61. The van der Waals surface area contributed by atoms with Crippen LogP contribution in [0.25, 0.3) is 0 Å². The summed E-state index contributed by atoms with van der Waals surface area (Å²) in [5.41, 5.74) is 6.66. The standard InChI is InChI=1S/C17H20ClFN2O/c18-13-4-12(1-2-14(13)19)15(22)21-17-7-10-3-11(8-17)6-16(20,5-10)9-17/h1-2,4,10-11H,3,5-9,20H2,(H,21,22). The highest BCUT2D eigenvalue weighted by Crippen LogP contribution is 2.56. The lowest BCUT2D eigenvalue weighted by atomic mass is 9.50. The van der Waals surface area contributed by atoms with Gasteiger partial charge in [0.05, 0.1) is 5.02 Å². The number of nitrogens with two attached hydrogens (primary N) is 1. The van der Waals surface area contributed by atoms with Gasteiger partial charge in [0.15, 0.2) is 0 Å². The molecule has 1 aromatic rings. The van der Waals surface area contributed by atoms with Gasteiger partial charge in [0, 0.05) is 16.6 Å². The fourth-order valence-electron chi connectivity index (χ4n) is 5.43. The molecule has 118 valence electrons. The van der Waals surface area contributed by atoms with Crippen LogP contribution in [0.3, 0.4) is 0 Å². The third-order valence-electron chi connectivity index (χ3n) is 5.67. The molecule has 4 saturated carbocycles. The zero-order valence-electron chi connectivity index (χ0n) is 12.4. The summed E-state index contributed by atoms with van der Waals surface area (Å²) in [7, 11) is 0. The minimum Gasteiger partial charge on any atom is -0.347 e. The number of nitrogens with one attached hydrogen (secondary N) is 1. The summed E-state index contributed by atoms with van der Waals surface area (Å²) < 4.78 is 13.2. The summed E-state index contributed by atoms with van der Waals surface area (Å²) in [5, 5.41) is 3.19. The van der Waals surface area contributed by atoms with Crippen molar-refractivity contribution in [1.29, 1.82) is 0 Å². The molecule has 2 unspecified atom stereocenters. The molecule has 4 fully saturated rings. The van der Waals surface area contributed by atoms with Gasteiger partial charge in [-0.15, -0.1) is 0 Å². The lowest BCUT2D eigenvalue weighted by molar-refractivity contribution is -0.0320. The largest absolute Gasteiger partial charge is 0.347 e. The van der Waals surface area contributed by atoms with Crippen LogP contribution in [-0.4, -0.2) is 17.0 Å². The number of rotatable bonds is 2. The average molecular weight is 323 g/mol. The molecule has 2 atom stereocenters. The molecule has 0 aromatic heterocycles. The second kappa shape index (κ2) is 4.68. The first-order chi connectivity index (χ1) is 10.4. The van der Waals surface area contributed by atoms with Crippen LogP contribution < -0.4 is 11.1 Å². The molecule has 4 aliphatic rings. The minimum absolute atomic E-state index is 0.0199. The number of hydrogen-bond donors (Lipinski definition) is 2. The van der Waals surface area contributed by atoms with E-state index in [0.717, 1.165) is 32.1 Å². The first-order valence-corrected chi connectivity index (χ1v) is 8.31. The van der Waals surface area contributed by atoms with Crippen LogP contribution in [0.5, 0.6) is 0 Å². The van der Waals surface area contributed by atoms with Gasteiger partial charge < -0.3 is 11.1 Å². The SMILES string of the molecule is NC12CC3CC(C1)CC(NC(=O)c1ccc(F)c(Cl)c1)(C3)C2. The van der Waals surface area contributed by atoms with Crippen LogP contribution in [0.4, 0.5) is 4.39 Å². The number of hydrogen-bond acceptors (Lipinski definition) is 2. The number of amides is 1. The van der Waals surface area contributed by atoms with Crippen LogP contribution in [0.2, 0.25) is 5.02 Å². The molecule has 0 spiro atoms. The Morgan fingerprint density at radius 2 is 1.95 bits per heavy atom. The van der Waals surface area contributed by atoms with Gasteiger partial charge in [-0.3, -0.25) is 4.79 Å². The first kappa shape index (κ1) is 14.5. The van der Waals surface area contributed by atoms with Crippen LogP contribution in [0, 0.1) is 17.7 Å². The van der Waals surface area contributed by atoms with Crippen LogP contribution in [-0.2, 0) is 0 Å². The Morgan fingerprint density at radius 3 is 2.55 bits per heavy atom. The highest BCUT2D eigenvalue weighted by molar-refractivity contribution is 6.31. The third-order valence-corrected chi connectivity index (χ3v) is 5.96. The average Bonchev–Trinajstić information content (AvgIpc) is 2.38. The monoisotopic (exact) mass is 322 g/mol. The third kappa shape index (κ3) is 2.33. The van der Waals surface area contributed by atoms with Gasteiger partial charge in [-0.25, -0.2) is 4.39 Å². The minimum atomic E-state index is -0.506. The lowest BCUT2D eigenvalue weighted by Crippen LogP contribution is -2.68. The fraction of sp³-hybridized carbons (Fsp3) is 0.588. The van der Waals surface area contributed by atoms with E-state index < -0.39 is 5.82 Å². The van der Waals surface area contributed by atoms with Gasteiger partial charge in [0.2, 0.25) is 0 Å². The Kier molecular flexibility index (Phi) is 3.08. The second-order valence-electron chi connectivity index (χ2n) is 7.69. The van der Waals surface area contributed by atoms with Gasteiger partial charge in [-0.2, -0.15) is 0 Å². The summed E-state index contributed by atoms with van der Waals surface area (Å²) >= 11 is 5.78. The van der Waals surface area contributed by atoms with Crippen molar-refractivity contribution in [2.45, 2.75) is 49.6 Å². The van der Waals surface area contributed by atoms with Gasteiger partial charge in [-0.05, 0) is 68.6 Å². The zero-order valence-corrected chi connectivity index (χ0v) is 13.1. The van der Waals surface area contributed by atoms with E-state index in [-0.39, 0.29) is 22.0 Å². The smallest absolute Gasteiger partial charge is 0.251 e. The summed E-state index contributed by atoms with van der Waals surface area (Å²) in [6.07, 6.45) is 6.31. The van der Waals surface area contributed by atoms with Gasteiger partial charge in [0.25, 0.3) is 5.91 Å². The van der Waals surface area contributed by atoms with E-state index in [1.807, 2.05) is 0 Å². The van der Waals surface area contributed by atoms with Crippen molar-refractivity contribution in [2.24, 2.45) is 17.6 Å². The van der Waals surface area contributed by atoms with Crippen LogP contribution in [0.15, 0.2) is 18.2 Å². The number of benzene rings is 1. The Labute approximate surface area is 134 Å². The first-order valence-electron chi connectivity index (χ1n) is 7.93. The zero-order chi connectivity index (χ0) is 15.5. The van der Waals surface area contributed by atoms with Crippen molar-refractivity contribution in [3.63, 3.8) is 0 Å². The quantitative estimate of drug-likeness (QED) is 0.878. The van der Waals surface area contributed by atoms with E-state index in [2.05, 4.69) is 5.32 Å². The molecule has 22 heavy (non-hydrogen) atoms. The summed E-state index contributed by atoms with van der Waals surface area (Å²) in [4.78, 5) is 12.6. The molecule has 1 amide bonds. The van der Waals surface area contributed by atoms with Gasteiger partial charge in [-0.1, -0.05) is 11.6 Å². The number of carbonyl (C=O) groups is 1. The van der Waals surface area contributed by atoms with Crippen molar-refractivity contribution < 1.29 is 9.18 Å². The van der Waals surface area contributed by atoms with E-state index in [0.29, 0.717) is 17.4 Å². The number of halogens is 2. The number of carbonyl (C=O) groups excluding carboxylic acids is 1. The Bertz CT molecular complexity index is 634. The Balaban J connectivity index is 1.57. The lowest BCUT2D eigenvalue weighted by Gasteiger charge is -2.61. The highest BCUT2D eigenvalue weighted by Gasteiger charge is 2.56. The maximum atomic E-state index is 13.2. The predicted octanol–water partition coefficient (Wildman–Crippen LogP) is 3.26. The topological polar surface area (TPSA) is 55.1 Å². The van der Waals surface area contributed by atoms with Crippen molar-refractivity contribution in [2.75, 3.05) is 0 Å². The van der Waals surface area contributed by atoms with Crippen molar-refractivity contribution >= 4 is 17.5 Å². The molecule has 4 bridgehead atoms. The molecule has 3 nitrogen and oxygen atoms in total. The Morgan fingerprint density at radius 1 is 1.27 bits per heavy atom. The van der Waals surface area contributed by atoms with Crippen molar-refractivity contribution in [3.8, 4) is 0 Å². The van der Waals surface area contributed by atoms with E-state index >= 15 is 0 Å². The van der Waals surface area contributed by atoms with E-state index in [1.165, 1.54) is 24.6 Å². The molecule has 0 radical (unpaired) electrons. The summed E-state index contributed by atoms with van der Waals surface area (Å²) in [6, 6.07) is 4.11. The molecule has 5 heteroatoms. The molecule has 0 heterocycles. The predicted molar refractivity (Wildman–Crippen MR) is 83.2 cm³/mol. The van der Waals surface area contributed by atoms with E-state index in [4.69, 9.17) is 17.3 Å². The molecule has 1 aromatic carbocycles. The molecule has 0 saturated heterocycles. The maximum Gasteiger partial charge on any atom is 0.251 e. The van der Waals surface area contributed by atoms with Gasteiger partial charge in [0.1, 0.15) is 5.82 Å². The molecule has 3 N–H and O–H groups in total. The summed E-state index contributed by atoms with van der Waals surface area (Å²) in [6.45, 7) is 0. The van der Waals surface area contributed by atoms with Crippen molar-refractivity contribution in [3.05, 3.63) is 34.6 Å². The highest BCUT2D eigenvalue weighted by atomic mass is 35.5. The second-order valence-corrected chi connectivity index (χ2v) is 8.09. The van der Waals surface area contributed by atoms with Crippen LogP contribution in [0.1, 0.15) is 48.9 Å². The van der Waals surface area contributed by atoms with E-state index in [9.17, 15) is 9.18 Å². The molecule has 4 aliphatic carbocycles. The van der Waals surface area contributed by atoms with Gasteiger partial charge >= 0.3 is 0 Å². The van der Waals surface area contributed by atoms with E-state index in [1.54, 1.807) is 0 Å². The Hall–Kier alpha value is -1.13. The molecule has 5 rings (SSSR count). The maximum absolute atomic E-state index is 13.2. The van der Waals surface area contributed by atoms with Crippen molar-refractivity contribution in [1.82, 2.24) is 5.32 Å². The molecular weight excluding hydrogens is 303 g/mol. The molecular formula is C17H20ClFN2O. The molecule has 0 aliphatic heterocycles. The summed E-state index contributed by atoms with van der Waals surface area (Å²) in [5.74, 6) is 0.577. The van der Waals surface area contributed by atoms with Crippen LogP contribution >= 0.6 is 11.6 Å². The normalized spacial score (nSPS) is 39.0.